The fraction of sp³-hybridized carbons (Fsp3) is 0.500. The summed E-state index contributed by atoms with van der Waals surface area (Å²) in [7, 11) is 0. The highest BCUT2D eigenvalue weighted by atomic mass is 35.5. The highest BCUT2D eigenvalue weighted by molar-refractivity contribution is 6.30. The van der Waals surface area contributed by atoms with Crippen molar-refractivity contribution < 1.29 is 4.79 Å². The topological polar surface area (TPSA) is 46.3 Å². The van der Waals surface area contributed by atoms with Crippen molar-refractivity contribution in [1.82, 2.24) is 4.90 Å². The number of carbonyl (C=O) groups excluding carboxylic acids is 1. The van der Waals surface area contributed by atoms with Crippen molar-refractivity contribution in [2.24, 2.45) is 5.73 Å². The van der Waals surface area contributed by atoms with Crippen LogP contribution >= 0.6 is 24.0 Å². The van der Waals surface area contributed by atoms with Crippen LogP contribution in [0, 0.1) is 0 Å². The van der Waals surface area contributed by atoms with Crippen molar-refractivity contribution in [3.8, 4) is 0 Å². The summed E-state index contributed by atoms with van der Waals surface area (Å²) in [4.78, 5) is 14.4. The van der Waals surface area contributed by atoms with E-state index in [-0.39, 0.29) is 24.4 Å². The zero-order valence-electron chi connectivity index (χ0n) is 11.2. The molecular weight excluding hydrogens is 283 g/mol. The number of amides is 1. The van der Waals surface area contributed by atoms with Crippen LogP contribution in [0.15, 0.2) is 24.3 Å². The van der Waals surface area contributed by atoms with Crippen LogP contribution in [-0.2, 0) is 10.2 Å². The number of hydrogen-bond acceptors (Lipinski definition) is 2. The Balaban J connectivity index is 0.00000180. The minimum atomic E-state index is -0.533. The van der Waals surface area contributed by atoms with E-state index in [0.717, 1.165) is 18.5 Å². The first kappa shape index (κ1) is 16.3. The number of nitrogens with zero attached hydrogens (tertiary/aromatic N) is 1. The average molecular weight is 303 g/mol. The number of halogens is 2. The van der Waals surface area contributed by atoms with Gasteiger partial charge >= 0.3 is 0 Å². The first-order chi connectivity index (χ1) is 8.41. The van der Waals surface area contributed by atoms with Gasteiger partial charge in [-0.25, -0.2) is 0 Å². The van der Waals surface area contributed by atoms with Crippen molar-refractivity contribution in [3.63, 3.8) is 0 Å². The van der Waals surface area contributed by atoms with Gasteiger partial charge in [-0.05, 0) is 38.0 Å². The lowest BCUT2D eigenvalue weighted by Gasteiger charge is -2.29. The molecule has 1 aliphatic rings. The van der Waals surface area contributed by atoms with E-state index in [0.29, 0.717) is 11.6 Å². The van der Waals surface area contributed by atoms with E-state index < -0.39 is 5.41 Å². The third-order valence-electron chi connectivity index (χ3n) is 3.61. The molecule has 5 heteroatoms. The zero-order valence-corrected chi connectivity index (χ0v) is 12.8. The second kappa shape index (κ2) is 6.12. The molecule has 1 aromatic carbocycles. The van der Waals surface area contributed by atoms with Gasteiger partial charge in [-0.2, -0.15) is 0 Å². The minimum Gasteiger partial charge on any atom is -0.340 e. The van der Waals surface area contributed by atoms with Crippen LogP contribution < -0.4 is 5.73 Å². The van der Waals surface area contributed by atoms with Gasteiger partial charge in [0.05, 0.1) is 5.41 Å². The smallest absolute Gasteiger partial charge is 0.232 e. The van der Waals surface area contributed by atoms with Crippen molar-refractivity contribution >= 4 is 29.9 Å². The number of hydrogen-bond donors (Lipinski definition) is 1. The summed E-state index contributed by atoms with van der Waals surface area (Å²) in [5, 5.41) is 0.685. The Labute approximate surface area is 125 Å². The van der Waals surface area contributed by atoms with Crippen molar-refractivity contribution in [1.29, 1.82) is 0 Å². The quantitative estimate of drug-likeness (QED) is 0.913. The Hall–Kier alpha value is -0.770. The highest BCUT2D eigenvalue weighted by Gasteiger charge is 2.36. The SMILES string of the molecule is CC(C)(C(=O)N1CC[C@@H](N)C1)c1ccc(Cl)cc1.Cl. The second-order valence-electron chi connectivity index (χ2n) is 5.43. The summed E-state index contributed by atoms with van der Waals surface area (Å²) in [6, 6.07) is 7.59. The molecule has 106 valence electrons. The van der Waals surface area contributed by atoms with Crippen molar-refractivity contribution in [2.75, 3.05) is 13.1 Å². The molecule has 1 heterocycles. The number of likely N-dealkylation sites (tertiary alicyclic amines) is 1. The van der Waals surface area contributed by atoms with Crippen LogP contribution in [0.3, 0.4) is 0 Å². The molecule has 0 aliphatic carbocycles. The van der Waals surface area contributed by atoms with Gasteiger partial charge in [0.2, 0.25) is 5.91 Å². The Bertz CT molecular complexity index is 445. The first-order valence-corrected chi connectivity index (χ1v) is 6.60. The Kier molecular flexibility index (Phi) is 5.25. The maximum absolute atomic E-state index is 12.5. The van der Waals surface area contributed by atoms with Crippen molar-refractivity contribution in [3.05, 3.63) is 34.9 Å². The molecule has 1 amide bonds. The Morgan fingerprint density at radius 2 is 1.95 bits per heavy atom. The third-order valence-corrected chi connectivity index (χ3v) is 3.86. The summed E-state index contributed by atoms with van der Waals surface area (Å²) < 4.78 is 0. The van der Waals surface area contributed by atoms with Gasteiger partial charge in [0.25, 0.3) is 0 Å². The molecule has 1 atom stereocenters. The molecule has 3 nitrogen and oxygen atoms in total. The Morgan fingerprint density at radius 1 is 1.37 bits per heavy atom. The molecule has 1 saturated heterocycles. The minimum absolute atomic E-state index is 0. The van der Waals surface area contributed by atoms with Crippen LogP contribution in [0.25, 0.3) is 0 Å². The monoisotopic (exact) mass is 302 g/mol. The van der Waals surface area contributed by atoms with E-state index >= 15 is 0 Å². The molecular formula is C14H20Cl2N2O. The molecule has 1 aliphatic heterocycles. The standard InChI is InChI=1S/C14H19ClN2O.ClH/c1-14(2,10-3-5-11(15)6-4-10)13(18)17-8-7-12(16)9-17;/h3-6,12H,7-9,16H2,1-2H3;1H/t12-;/m1./s1. The van der Waals surface area contributed by atoms with E-state index in [1.54, 1.807) is 0 Å². The van der Waals surface area contributed by atoms with Crippen LogP contribution in [0.5, 0.6) is 0 Å². The first-order valence-electron chi connectivity index (χ1n) is 6.22. The largest absolute Gasteiger partial charge is 0.340 e. The van der Waals surface area contributed by atoms with Crippen LogP contribution in [0.4, 0.5) is 0 Å². The van der Waals surface area contributed by atoms with E-state index in [9.17, 15) is 4.79 Å². The predicted octanol–water partition coefficient (Wildman–Crippen LogP) is 2.60. The molecule has 0 radical (unpaired) electrons. The molecule has 19 heavy (non-hydrogen) atoms. The molecule has 0 saturated carbocycles. The molecule has 0 unspecified atom stereocenters. The molecule has 0 bridgehead atoms. The number of carbonyl (C=O) groups is 1. The average Bonchev–Trinajstić information content (AvgIpc) is 2.75. The summed E-state index contributed by atoms with van der Waals surface area (Å²) in [5.41, 5.74) is 6.30. The normalized spacial score (nSPS) is 19.2. The number of nitrogens with two attached hydrogens (primary N) is 1. The summed E-state index contributed by atoms with van der Waals surface area (Å²) >= 11 is 5.88. The lowest BCUT2D eigenvalue weighted by atomic mass is 9.83. The lowest BCUT2D eigenvalue weighted by Crippen LogP contribution is -2.43. The van der Waals surface area contributed by atoms with E-state index in [1.165, 1.54) is 0 Å². The molecule has 1 aromatic rings. The molecule has 0 aromatic heterocycles. The molecule has 2 rings (SSSR count). The highest BCUT2D eigenvalue weighted by Crippen LogP contribution is 2.28. The predicted molar refractivity (Wildman–Crippen MR) is 80.9 cm³/mol. The van der Waals surface area contributed by atoms with Gasteiger partial charge in [-0.3, -0.25) is 4.79 Å². The van der Waals surface area contributed by atoms with Gasteiger partial charge < -0.3 is 10.6 Å². The Morgan fingerprint density at radius 3 is 2.42 bits per heavy atom. The van der Waals surface area contributed by atoms with Crippen LogP contribution in [0.2, 0.25) is 5.02 Å². The van der Waals surface area contributed by atoms with E-state index in [1.807, 2.05) is 43.0 Å². The summed E-state index contributed by atoms with van der Waals surface area (Å²) in [5.74, 6) is 0.137. The second-order valence-corrected chi connectivity index (χ2v) is 5.87. The maximum atomic E-state index is 12.5. The van der Waals surface area contributed by atoms with Crippen LogP contribution in [-0.4, -0.2) is 29.9 Å². The molecule has 0 spiro atoms. The number of rotatable bonds is 2. The van der Waals surface area contributed by atoms with Crippen molar-refractivity contribution in [2.45, 2.75) is 31.7 Å². The molecule has 2 N–H and O–H groups in total. The third kappa shape index (κ3) is 3.41. The summed E-state index contributed by atoms with van der Waals surface area (Å²) in [6.45, 7) is 5.32. The van der Waals surface area contributed by atoms with E-state index in [2.05, 4.69) is 0 Å². The van der Waals surface area contributed by atoms with Gasteiger partial charge in [-0.1, -0.05) is 23.7 Å². The van der Waals surface area contributed by atoms with Gasteiger partial charge in [0.15, 0.2) is 0 Å². The number of benzene rings is 1. The van der Waals surface area contributed by atoms with Crippen LogP contribution in [0.1, 0.15) is 25.8 Å². The fourth-order valence-electron chi connectivity index (χ4n) is 2.36. The fourth-order valence-corrected chi connectivity index (χ4v) is 2.48. The maximum Gasteiger partial charge on any atom is 0.232 e. The van der Waals surface area contributed by atoms with Gasteiger partial charge in [-0.15, -0.1) is 12.4 Å². The van der Waals surface area contributed by atoms with Gasteiger partial charge in [0, 0.05) is 24.2 Å². The molecule has 1 fully saturated rings. The summed E-state index contributed by atoms with van der Waals surface area (Å²) in [6.07, 6.45) is 0.891. The zero-order chi connectivity index (χ0) is 13.3. The lowest BCUT2D eigenvalue weighted by molar-refractivity contribution is -0.135. The van der Waals surface area contributed by atoms with Gasteiger partial charge in [0.1, 0.15) is 0 Å². The van der Waals surface area contributed by atoms with E-state index in [4.69, 9.17) is 17.3 Å².